The molecular weight excluding hydrogens is 231 g/mol. The SMILES string of the molecule is N#CC1(C(O)c2cc(F)c(F)c(F)c2)CCC1. The second-order valence-electron chi connectivity index (χ2n) is 4.32. The van der Waals surface area contributed by atoms with E-state index in [1.165, 1.54) is 0 Å². The predicted octanol–water partition coefficient (Wildman–Crippen LogP) is 2.83. The average Bonchev–Trinajstić information content (AvgIpc) is 2.24. The highest BCUT2D eigenvalue weighted by Gasteiger charge is 2.45. The Balaban J connectivity index is 2.38. The predicted molar refractivity (Wildman–Crippen MR) is 53.2 cm³/mol. The number of aliphatic hydroxyl groups is 1. The van der Waals surface area contributed by atoms with Crippen LogP contribution >= 0.6 is 0 Å². The van der Waals surface area contributed by atoms with Crippen LogP contribution in [0.5, 0.6) is 0 Å². The number of aliphatic hydroxyl groups excluding tert-OH is 1. The van der Waals surface area contributed by atoms with Gasteiger partial charge in [-0.1, -0.05) is 6.42 Å². The number of nitriles is 1. The van der Waals surface area contributed by atoms with Crippen LogP contribution in [0, 0.1) is 34.2 Å². The fourth-order valence-corrected chi connectivity index (χ4v) is 2.06. The summed E-state index contributed by atoms with van der Waals surface area (Å²) < 4.78 is 38.8. The zero-order valence-corrected chi connectivity index (χ0v) is 8.88. The van der Waals surface area contributed by atoms with Gasteiger partial charge in [-0.2, -0.15) is 5.26 Å². The van der Waals surface area contributed by atoms with E-state index in [1.807, 2.05) is 6.07 Å². The molecule has 0 bridgehead atoms. The van der Waals surface area contributed by atoms with Crippen molar-refractivity contribution in [2.75, 3.05) is 0 Å². The zero-order valence-electron chi connectivity index (χ0n) is 8.88. The summed E-state index contributed by atoms with van der Waals surface area (Å²) in [7, 11) is 0. The number of benzene rings is 1. The van der Waals surface area contributed by atoms with Gasteiger partial charge in [-0.25, -0.2) is 13.2 Å². The standard InChI is InChI=1S/C12H10F3NO/c13-8-4-7(5-9(14)10(8)15)11(17)12(6-16)2-1-3-12/h4-5,11,17H,1-3H2. The van der Waals surface area contributed by atoms with E-state index >= 15 is 0 Å². The quantitative estimate of drug-likeness (QED) is 0.809. The van der Waals surface area contributed by atoms with Crippen molar-refractivity contribution in [3.63, 3.8) is 0 Å². The molecule has 1 aromatic rings. The Morgan fingerprint density at radius 3 is 2.12 bits per heavy atom. The van der Waals surface area contributed by atoms with Crippen molar-refractivity contribution in [3.05, 3.63) is 35.1 Å². The Bertz CT molecular complexity index is 468. The Labute approximate surface area is 96.3 Å². The minimum Gasteiger partial charge on any atom is -0.387 e. The van der Waals surface area contributed by atoms with Gasteiger partial charge in [0, 0.05) is 0 Å². The van der Waals surface area contributed by atoms with Crippen molar-refractivity contribution in [3.8, 4) is 6.07 Å². The lowest BCUT2D eigenvalue weighted by molar-refractivity contribution is 0.00746. The van der Waals surface area contributed by atoms with Crippen LogP contribution in [0.1, 0.15) is 30.9 Å². The lowest BCUT2D eigenvalue weighted by atomic mass is 9.64. The highest BCUT2D eigenvalue weighted by Crippen LogP contribution is 2.49. The first kappa shape index (κ1) is 11.9. The summed E-state index contributed by atoms with van der Waals surface area (Å²) in [6.45, 7) is 0. The molecule has 1 aliphatic carbocycles. The van der Waals surface area contributed by atoms with Crippen molar-refractivity contribution < 1.29 is 18.3 Å². The van der Waals surface area contributed by atoms with Gasteiger partial charge in [0.2, 0.25) is 0 Å². The molecule has 0 radical (unpaired) electrons. The molecular formula is C12H10F3NO. The van der Waals surface area contributed by atoms with E-state index in [4.69, 9.17) is 5.26 Å². The van der Waals surface area contributed by atoms with Gasteiger partial charge < -0.3 is 5.11 Å². The second-order valence-corrected chi connectivity index (χ2v) is 4.32. The number of rotatable bonds is 2. The van der Waals surface area contributed by atoms with Gasteiger partial charge in [0.15, 0.2) is 17.5 Å². The smallest absolute Gasteiger partial charge is 0.194 e. The summed E-state index contributed by atoms with van der Waals surface area (Å²) in [5, 5.41) is 18.9. The van der Waals surface area contributed by atoms with Gasteiger partial charge >= 0.3 is 0 Å². The normalized spacial score (nSPS) is 19.2. The summed E-state index contributed by atoms with van der Waals surface area (Å²) in [5.41, 5.74) is -1.08. The van der Waals surface area contributed by atoms with E-state index in [9.17, 15) is 18.3 Å². The molecule has 90 valence electrons. The first-order valence-corrected chi connectivity index (χ1v) is 5.24. The van der Waals surface area contributed by atoms with Crippen LogP contribution in [0.15, 0.2) is 12.1 Å². The van der Waals surface area contributed by atoms with Crippen LogP contribution in [0.3, 0.4) is 0 Å². The second kappa shape index (κ2) is 4.04. The van der Waals surface area contributed by atoms with Crippen molar-refractivity contribution in [2.45, 2.75) is 25.4 Å². The molecule has 0 spiro atoms. The zero-order chi connectivity index (χ0) is 12.6. The molecule has 1 unspecified atom stereocenters. The van der Waals surface area contributed by atoms with Gasteiger partial charge in [-0.3, -0.25) is 0 Å². The molecule has 1 N–H and O–H groups in total. The first-order valence-electron chi connectivity index (χ1n) is 5.24. The number of halogens is 3. The minimum absolute atomic E-state index is 0.0948. The fourth-order valence-electron chi connectivity index (χ4n) is 2.06. The monoisotopic (exact) mass is 241 g/mol. The molecule has 2 rings (SSSR count). The van der Waals surface area contributed by atoms with E-state index in [2.05, 4.69) is 0 Å². The van der Waals surface area contributed by atoms with E-state index in [1.54, 1.807) is 0 Å². The van der Waals surface area contributed by atoms with E-state index in [0.717, 1.165) is 18.6 Å². The largest absolute Gasteiger partial charge is 0.387 e. The first-order chi connectivity index (χ1) is 8.00. The van der Waals surface area contributed by atoms with E-state index in [0.29, 0.717) is 12.8 Å². The average molecular weight is 241 g/mol. The lowest BCUT2D eigenvalue weighted by Crippen LogP contribution is -2.34. The Kier molecular flexibility index (Phi) is 2.84. The molecule has 0 aliphatic heterocycles. The van der Waals surface area contributed by atoms with Crippen molar-refractivity contribution >= 4 is 0 Å². The maximum atomic E-state index is 13.0. The topological polar surface area (TPSA) is 44.0 Å². The third-order valence-electron chi connectivity index (χ3n) is 3.31. The fraction of sp³-hybridized carbons (Fsp3) is 0.417. The van der Waals surface area contributed by atoms with Crippen molar-refractivity contribution in [1.82, 2.24) is 0 Å². The number of hydrogen-bond acceptors (Lipinski definition) is 2. The highest BCUT2D eigenvalue weighted by atomic mass is 19.2. The summed E-state index contributed by atoms with van der Waals surface area (Å²) in [4.78, 5) is 0. The summed E-state index contributed by atoms with van der Waals surface area (Å²) in [6, 6.07) is 3.45. The maximum absolute atomic E-state index is 13.0. The van der Waals surface area contributed by atoms with Crippen LogP contribution in [-0.4, -0.2) is 5.11 Å². The molecule has 0 aromatic heterocycles. The molecule has 1 atom stereocenters. The van der Waals surface area contributed by atoms with Gasteiger partial charge in [0.1, 0.15) is 0 Å². The molecule has 5 heteroatoms. The maximum Gasteiger partial charge on any atom is 0.194 e. The van der Waals surface area contributed by atoms with Crippen molar-refractivity contribution in [2.24, 2.45) is 5.41 Å². The summed E-state index contributed by atoms with van der Waals surface area (Å²) in [5.74, 6) is -4.28. The molecule has 0 saturated heterocycles. The van der Waals surface area contributed by atoms with Crippen LogP contribution in [0.4, 0.5) is 13.2 Å². The lowest BCUT2D eigenvalue weighted by Gasteiger charge is -2.39. The summed E-state index contributed by atoms with van der Waals surface area (Å²) in [6.07, 6.45) is 0.457. The Morgan fingerprint density at radius 1 is 1.24 bits per heavy atom. The van der Waals surface area contributed by atoms with Gasteiger partial charge in [0.05, 0.1) is 17.6 Å². The molecule has 0 amide bonds. The van der Waals surface area contributed by atoms with Crippen molar-refractivity contribution in [1.29, 1.82) is 5.26 Å². The molecule has 1 fully saturated rings. The number of hydrogen-bond donors (Lipinski definition) is 1. The van der Waals surface area contributed by atoms with Crippen LogP contribution in [-0.2, 0) is 0 Å². The Morgan fingerprint density at radius 2 is 1.76 bits per heavy atom. The van der Waals surface area contributed by atoms with E-state index < -0.39 is 29.0 Å². The third-order valence-corrected chi connectivity index (χ3v) is 3.31. The Hall–Kier alpha value is -1.54. The molecule has 0 heterocycles. The van der Waals surface area contributed by atoms with Crippen LogP contribution in [0.2, 0.25) is 0 Å². The van der Waals surface area contributed by atoms with Gasteiger partial charge in [-0.15, -0.1) is 0 Å². The molecule has 2 nitrogen and oxygen atoms in total. The third kappa shape index (κ3) is 1.79. The van der Waals surface area contributed by atoms with Gasteiger partial charge in [-0.05, 0) is 30.5 Å². The number of nitrogens with zero attached hydrogens (tertiary/aromatic N) is 1. The van der Waals surface area contributed by atoms with Gasteiger partial charge in [0.25, 0.3) is 0 Å². The highest BCUT2D eigenvalue weighted by molar-refractivity contribution is 5.26. The molecule has 1 aliphatic rings. The molecule has 17 heavy (non-hydrogen) atoms. The minimum atomic E-state index is -1.57. The van der Waals surface area contributed by atoms with Crippen LogP contribution < -0.4 is 0 Å². The van der Waals surface area contributed by atoms with Crippen LogP contribution in [0.25, 0.3) is 0 Å². The molecule has 1 aromatic carbocycles. The molecule has 1 saturated carbocycles. The van der Waals surface area contributed by atoms with E-state index in [-0.39, 0.29) is 5.56 Å². The summed E-state index contributed by atoms with van der Waals surface area (Å²) >= 11 is 0.